The van der Waals surface area contributed by atoms with E-state index in [-0.39, 0.29) is 12.3 Å². The average molecular weight is 422 g/mol. The van der Waals surface area contributed by atoms with Crippen LogP contribution in [0.2, 0.25) is 0 Å². The number of fused-ring (bicyclic) bond motifs is 1. The maximum Gasteiger partial charge on any atom is 0.373 e. The highest BCUT2D eigenvalue weighted by atomic mass is 32.2. The first-order valence-electron chi connectivity index (χ1n) is 9.13. The van der Waals surface area contributed by atoms with Crippen molar-refractivity contribution >= 4 is 45.9 Å². The molecule has 0 N–H and O–H groups in total. The van der Waals surface area contributed by atoms with Crippen LogP contribution in [0.3, 0.4) is 0 Å². The molecule has 30 heavy (non-hydrogen) atoms. The lowest BCUT2D eigenvalue weighted by molar-refractivity contribution is -0.123. The van der Waals surface area contributed by atoms with Gasteiger partial charge in [-0.15, -0.1) is 6.58 Å². The normalized spacial score (nSPS) is 15.4. The number of rotatable bonds is 6. The molecule has 4 rings (SSSR count). The molecule has 0 saturated carbocycles. The number of benzene rings is 1. The van der Waals surface area contributed by atoms with Gasteiger partial charge in [0.15, 0.2) is 0 Å². The summed E-state index contributed by atoms with van der Waals surface area (Å²) in [5.74, 6) is -0.681. The lowest BCUT2D eigenvalue weighted by Gasteiger charge is -2.09. The second kappa shape index (κ2) is 8.08. The first-order valence-corrected chi connectivity index (χ1v) is 9.94. The Morgan fingerprint density at radius 2 is 2.03 bits per heavy atom. The fourth-order valence-electron chi connectivity index (χ4n) is 3.29. The predicted octanol–water partition coefficient (Wildman–Crippen LogP) is 4.44. The highest BCUT2D eigenvalue weighted by Gasteiger charge is 2.36. The molecule has 1 aliphatic heterocycles. The number of amides is 2. The van der Waals surface area contributed by atoms with E-state index in [1.165, 1.54) is 13.2 Å². The molecular formula is C22H18N2O5S. The smallest absolute Gasteiger partial charge is 0.373 e. The van der Waals surface area contributed by atoms with E-state index in [1.54, 1.807) is 18.2 Å². The molecule has 2 aromatic heterocycles. The van der Waals surface area contributed by atoms with Crippen LogP contribution in [0, 0.1) is 0 Å². The molecule has 0 bridgehead atoms. The molecule has 2 amide bonds. The Hall–Kier alpha value is -3.52. The van der Waals surface area contributed by atoms with Crippen LogP contribution >= 0.6 is 11.8 Å². The fourth-order valence-corrected chi connectivity index (χ4v) is 4.12. The molecule has 0 unspecified atom stereocenters. The van der Waals surface area contributed by atoms with Crippen LogP contribution < -0.4 is 0 Å². The van der Waals surface area contributed by atoms with Gasteiger partial charge in [-0.2, -0.15) is 0 Å². The van der Waals surface area contributed by atoms with Gasteiger partial charge in [-0.1, -0.05) is 24.3 Å². The number of carbonyl (C=O) groups is 3. The second-order valence-corrected chi connectivity index (χ2v) is 7.56. The number of carbonyl (C=O) groups excluding carboxylic acids is 3. The van der Waals surface area contributed by atoms with E-state index in [2.05, 4.69) is 11.3 Å². The van der Waals surface area contributed by atoms with Crippen molar-refractivity contribution in [2.75, 3.05) is 7.11 Å². The number of thioether (sulfide) groups is 1. The summed E-state index contributed by atoms with van der Waals surface area (Å²) < 4.78 is 12.0. The maximum absolute atomic E-state index is 12.8. The molecule has 1 aromatic carbocycles. The van der Waals surface area contributed by atoms with Crippen molar-refractivity contribution in [1.82, 2.24) is 9.47 Å². The topological polar surface area (TPSA) is 81.8 Å². The SMILES string of the molecule is C=CCn1cc(/C=C2/SC(=O)N(Cc3ccc(C(=O)OC)o3)C2=O)c2ccccc21. The average Bonchev–Trinajstić information content (AvgIpc) is 3.42. The molecule has 0 aliphatic carbocycles. The van der Waals surface area contributed by atoms with Gasteiger partial charge in [0, 0.05) is 29.2 Å². The van der Waals surface area contributed by atoms with Gasteiger partial charge in [0.25, 0.3) is 11.1 Å². The molecule has 0 radical (unpaired) electrons. The van der Waals surface area contributed by atoms with Gasteiger partial charge in [0.05, 0.1) is 18.6 Å². The summed E-state index contributed by atoms with van der Waals surface area (Å²) in [5.41, 5.74) is 1.87. The molecule has 0 spiro atoms. The van der Waals surface area contributed by atoms with Crippen LogP contribution in [0.1, 0.15) is 21.9 Å². The molecule has 0 atom stereocenters. The van der Waals surface area contributed by atoms with Crippen molar-refractivity contribution in [2.45, 2.75) is 13.1 Å². The number of furan rings is 1. The van der Waals surface area contributed by atoms with Crippen molar-refractivity contribution in [1.29, 1.82) is 0 Å². The minimum absolute atomic E-state index is 0.0186. The van der Waals surface area contributed by atoms with Crippen molar-refractivity contribution < 1.29 is 23.5 Å². The Balaban J connectivity index is 1.61. The van der Waals surface area contributed by atoms with Gasteiger partial charge in [0.1, 0.15) is 5.76 Å². The van der Waals surface area contributed by atoms with Crippen molar-refractivity contribution in [3.63, 3.8) is 0 Å². The Labute approximate surface area is 176 Å². The summed E-state index contributed by atoms with van der Waals surface area (Å²) in [5, 5.41) is 0.594. The Bertz CT molecular complexity index is 1200. The number of allylic oxidation sites excluding steroid dienone is 1. The van der Waals surface area contributed by atoms with E-state index in [1.807, 2.05) is 35.0 Å². The third kappa shape index (κ3) is 3.57. The van der Waals surface area contributed by atoms with Gasteiger partial charge in [-0.25, -0.2) is 4.79 Å². The molecule has 7 nitrogen and oxygen atoms in total. The van der Waals surface area contributed by atoms with Gasteiger partial charge < -0.3 is 13.7 Å². The lowest BCUT2D eigenvalue weighted by atomic mass is 10.1. The van der Waals surface area contributed by atoms with Gasteiger partial charge >= 0.3 is 5.97 Å². The van der Waals surface area contributed by atoms with Crippen LogP contribution in [0.15, 0.2) is 64.6 Å². The zero-order valence-electron chi connectivity index (χ0n) is 16.2. The number of ether oxygens (including phenoxy) is 1. The van der Waals surface area contributed by atoms with Crippen LogP contribution in [-0.2, 0) is 22.6 Å². The number of nitrogens with zero attached hydrogens (tertiary/aromatic N) is 2. The predicted molar refractivity (Wildman–Crippen MR) is 114 cm³/mol. The van der Waals surface area contributed by atoms with Gasteiger partial charge in [-0.3, -0.25) is 14.5 Å². The standard InChI is InChI=1S/C22H18N2O5S/c1-3-10-23-12-14(16-6-4-5-7-17(16)23)11-19-20(25)24(22(27)30-19)13-15-8-9-18(29-15)21(26)28-2/h3-9,11-12H,1,10,13H2,2H3/b19-11+. The molecule has 1 saturated heterocycles. The first kappa shape index (κ1) is 19.8. The number of esters is 1. The van der Waals surface area contributed by atoms with E-state index >= 15 is 0 Å². The van der Waals surface area contributed by atoms with E-state index in [0.29, 0.717) is 17.2 Å². The van der Waals surface area contributed by atoms with Crippen LogP contribution in [-0.4, -0.2) is 33.7 Å². The molecule has 3 aromatic rings. The van der Waals surface area contributed by atoms with Crippen molar-refractivity contribution in [3.05, 3.63) is 77.2 Å². The molecular weight excluding hydrogens is 404 g/mol. The fraction of sp³-hybridized carbons (Fsp3) is 0.136. The van der Waals surface area contributed by atoms with Gasteiger partial charge in [-0.05, 0) is 36.0 Å². The Kier molecular flexibility index (Phi) is 5.33. The quantitative estimate of drug-likeness (QED) is 0.332. The number of hydrogen-bond acceptors (Lipinski definition) is 6. The molecule has 152 valence electrons. The highest BCUT2D eigenvalue weighted by molar-refractivity contribution is 8.18. The van der Waals surface area contributed by atoms with Crippen molar-refractivity contribution in [3.8, 4) is 0 Å². The molecule has 8 heteroatoms. The van der Waals surface area contributed by atoms with E-state index in [9.17, 15) is 14.4 Å². The van der Waals surface area contributed by atoms with Crippen LogP contribution in [0.25, 0.3) is 17.0 Å². The monoisotopic (exact) mass is 422 g/mol. The zero-order valence-corrected chi connectivity index (χ0v) is 17.0. The molecule has 1 aliphatic rings. The van der Waals surface area contributed by atoms with E-state index in [0.717, 1.165) is 33.1 Å². The number of methoxy groups -OCH3 is 1. The summed E-state index contributed by atoms with van der Waals surface area (Å²) >= 11 is 0.880. The lowest BCUT2D eigenvalue weighted by Crippen LogP contribution is -2.27. The van der Waals surface area contributed by atoms with Gasteiger partial charge in [0.2, 0.25) is 5.76 Å². The molecule has 1 fully saturated rings. The first-order chi connectivity index (χ1) is 14.5. The van der Waals surface area contributed by atoms with Crippen LogP contribution in [0.4, 0.5) is 4.79 Å². The summed E-state index contributed by atoms with van der Waals surface area (Å²) in [6.07, 6.45) is 5.47. The Morgan fingerprint density at radius 1 is 1.23 bits per heavy atom. The van der Waals surface area contributed by atoms with Crippen LogP contribution in [0.5, 0.6) is 0 Å². The maximum atomic E-state index is 12.8. The minimum Gasteiger partial charge on any atom is -0.463 e. The van der Waals surface area contributed by atoms with E-state index in [4.69, 9.17) is 4.42 Å². The number of imide groups is 1. The van der Waals surface area contributed by atoms with Crippen molar-refractivity contribution in [2.24, 2.45) is 0 Å². The number of para-hydroxylation sites is 1. The Morgan fingerprint density at radius 3 is 2.80 bits per heavy atom. The largest absolute Gasteiger partial charge is 0.463 e. The minimum atomic E-state index is -0.619. The third-order valence-corrected chi connectivity index (χ3v) is 5.57. The summed E-state index contributed by atoms with van der Waals surface area (Å²) in [7, 11) is 1.25. The zero-order chi connectivity index (χ0) is 21.3. The third-order valence-electron chi connectivity index (χ3n) is 4.67. The second-order valence-electron chi connectivity index (χ2n) is 6.57. The molecule has 3 heterocycles. The highest BCUT2D eigenvalue weighted by Crippen LogP contribution is 2.35. The van der Waals surface area contributed by atoms with E-state index < -0.39 is 17.1 Å². The number of aromatic nitrogens is 1. The summed E-state index contributed by atoms with van der Waals surface area (Å²) in [6, 6.07) is 10.8. The summed E-state index contributed by atoms with van der Waals surface area (Å²) in [6.45, 7) is 4.36. The number of hydrogen-bond donors (Lipinski definition) is 0. The summed E-state index contributed by atoms with van der Waals surface area (Å²) in [4.78, 5) is 38.2.